The van der Waals surface area contributed by atoms with Crippen LogP contribution in [0.15, 0.2) is 53.6 Å². The van der Waals surface area contributed by atoms with Crippen molar-refractivity contribution < 1.29 is 24.2 Å². The molecule has 0 heterocycles. The summed E-state index contributed by atoms with van der Waals surface area (Å²) >= 11 is 0. The lowest BCUT2D eigenvalue weighted by molar-refractivity contribution is -0.139. The molecule has 0 saturated heterocycles. The van der Waals surface area contributed by atoms with Gasteiger partial charge in [0.2, 0.25) is 0 Å². The van der Waals surface area contributed by atoms with Crippen molar-refractivity contribution in [2.45, 2.75) is 13.5 Å². The van der Waals surface area contributed by atoms with Crippen molar-refractivity contribution in [2.24, 2.45) is 5.10 Å². The number of aromatic carboxylic acids is 1. The van der Waals surface area contributed by atoms with Crippen LogP contribution in [-0.4, -0.2) is 35.7 Å². The van der Waals surface area contributed by atoms with Crippen LogP contribution < -0.4 is 15.5 Å². The molecule has 8 nitrogen and oxygen atoms in total. The topological polar surface area (TPSA) is 117 Å². The van der Waals surface area contributed by atoms with E-state index < -0.39 is 17.8 Å². The SMILES string of the molecule is CCOc1ccc(/C=N\NC(=O)C(=O)NCc2ccccc2)cc1C(=O)O. The van der Waals surface area contributed by atoms with E-state index in [-0.39, 0.29) is 17.9 Å². The molecule has 0 aliphatic rings. The van der Waals surface area contributed by atoms with E-state index in [9.17, 15) is 19.5 Å². The molecular formula is C19H19N3O5. The van der Waals surface area contributed by atoms with Gasteiger partial charge in [-0.05, 0) is 36.2 Å². The van der Waals surface area contributed by atoms with Crippen LogP contribution in [-0.2, 0) is 16.1 Å². The molecule has 2 amide bonds. The molecular weight excluding hydrogens is 350 g/mol. The molecule has 0 bridgehead atoms. The molecule has 27 heavy (non-hydrogen) atoms. The molecule has 0 radical (unpaired) electrons. The fraction of sp³-hybridized carbons (Fsp3) is 0.158. The number of hydrogen-bond acceptors (Lipinski definition) is 5. The van der Waals surface area contributed by atoms with E-state index in [2.05, 4.69) is 15.8 Å². The standard InChI is InChI=1S/C19H19N3O5/c1-2-27-16-9-8-14(10-15(16)19(25)26)12-21-22-18(24)17(23)20-11-13-6-4-3-5-7-13/h3-10,12H,2,11H2,1H3,(H,20,23)(H,22,24)(H,25,26)/b21-12-. The Labute approximate surface area is 155 Å². The van der Waals surface area contributed by atoms with Crippen molar-refractivity contribution in [3.8, 4) is 5.75 Å². The molecule has 3 N–H and O–H groups in total. The third kappa shape index (κ3) is 5.96. The van der Waals surface area contributed by atoms with E-state index in [0.717, 1.165) is 5.56 Å². The van der Waals surface area contributed by atoms with E-state index in [1.807, 2.05) is 30.3 Å². The Morgan fingerprint density at radius 1 is 1.11 bits per heavy atom. The van der Waals surface area contributed by atoms with Crippen molar-refractivity contribution in [3.05, 3.63) is 65.2 Å². The zero-order chi connectivity index (χ0) is 19.6. The number of ether oxygens (including phenoxy) is 1. The van der Waals surface area contributed by atoms with Gasteiger partial charge < -0.3 is 15.2 Å². The fourth-order valence-corrected chi connectivity index (χ4v) is 2.15. The first-order valence-corrected chi connectivity index (χ1v) is 8.16. The first-order valence-electron chi connectivity index (χ1n) is 8.16. The highest BCUT2D eigenvalue weighted by atomic mass is 16.5. The Balaban J connectivity index is 1.92. The number of amides is 2. The predicted octanol–water partition coefficient (Wildman–Crippen LogP) is 1.55. The number of rotatable bonds is 7. The van der Waals surface area contributed by atoms with Crippen LogP contribution in [0.1, 0.15) is 28.4 Å². The third-order valence-electron chi connectivity index (χ3n) is 3.42. The van der Waals surface area contributed by atoms with Crippen molar-refractivity contribution in [2.75, 3.05) is 6.61 Å². The molecule has 0 spiro atoms. The van der Waals surface area contributed by atoms with E-state index in [0.29, 0.717) is 12.2 Å². The van der Waals surface area contributed by atoms with Crippen molar-refractivity contribution >= 4 is 24.0 Å². The van der Waals surface area contributed by atoms with Gasteiger partial charge in [0.25, 0.3) is 0 Å². The number of benzene rings is 2. The van der Waals surface area contributed by atoms with Crippen LogP contribution in [0.3, 0.4) is 0 Å². The third-order valence-corrected chi connectivity index (χ3v) is 3.42. The second kappa shape index (κ2) is 9.71. The fourth-order valence-electron chi connectivity index (χ4n) is 2.15. The summed E-state index contributed by atoms with van der Waals surface area (Å²) in [6.45, 7) is 2.30. The minimum absolute atomic E-state index is 0.0206. The van der Waals surface area contributed by atoms with Gasteiger partial charge in [0.05, 0.1) is 12.8 Å². The van der Waals surface area contributed by atoms with Gasteiger partial charge in [-0.3, -0.25) is 9.59 Å². The summed E-state index contributed by atoms with van der Waals surface area (Å²) in [5.41, 5.74) is 3.37. The summed E-state index contributed by atoms with van der Waals surface area (Å²) in [7, 11) is 0. The molecule has 0 saturated carbocycles. The normalized spacial score (nSPS) is 10.4. The lowest BCUT2D eigenvalue weighted by Crippen LogP contribution is -2.37. The summed E-state index contributed by atoms with van der Waals surface area (Å²) in [5, 5.41) is 15.4. The van der Waals surface area contributed by atoms with Crippen molar-refractivity contribution in [1.29, 1.82) is 0 Å². The van der Waals surface area contributed by atoms with E-state index in [1.165, 1.54) is 18.3 Å². The molecule has 0 aromatic heterocycles. The number of carboxylic acid groups (broad SMARTS) is 1. The van der Waals surface area contributed by atoms with Gasteiger partial charge in [-0.2, -0.15) is 5.10 Å². The monoisotopic (exact) mass is 369 g/mol. The zero-order valence-electron chi connectivity index (χ0n) is 14.6. The first kappa shape index (κ1) is 19.6. The Hall–Kier alpha value is -3.68. The number of carbonyl (C=O) groups excluding carboxylic acids is 2. The van der Waals surface area contributed by atoms with Crippen LogP contribution in [0.5, 0.6) is 5.75 Å². The van der Waals surface area contributed by atoms with Gasteiger partial charge in [-0.1, -0.05) is 30.3 Å². The Kier molecular flexibility index (Phi) is 7.07. The molecule has 2 rings (SSSR count). The molecule has 0 fully saturated rings. The maximum atomic E-state index is 11.7. The minimum atomic E-state index is -1.14. The smallest absolute Gasteiger partial charge is 0.339 e. The number of carboxylic acids is 1. The molecule has 0 atom stereocenters. The second-order valence-corrected chi connectivity index (χ2v) is 5.36. The number of nitrogens with zero attached hydrogens (tertiary/aromatic N) is 1. The molecule has 0 aliphatic carbocycles. The van der Waals surface area contributed by atoms with Crippen LogP contribution in [0, 0.1) is 0 Å². The predicted molar refractivity (Wildman–Crippen MR) is 98.6 cm³/mol. The molecule has 8 heteroatoms. The Morgan fingerprint density at radius 2 is 1.85 bits per heavy atom. The summed E-state index contributed by atoms with van der Waals surface area (Å²) in [5.74, 6) is -2.65. The largest absolute Gasteiger partial charge is 0.493 e. The van der Waals surface area contributed by atoms with Gasteiger partial charge in [0.15, 0.2) is 0 Å². The number of nitrogens with one attached hydrogen (secondary N) is 2. The highest BCUT2D eigenvalue weighted by molar-refractivity contribution is 6.35. The summed E-state index contributed by atoms with van der Waals surface area (Å²) in [6, 6.07) is 13.6. The molecule has 2 aromatic carbocycles. The number of hydrazone groups is 1. The quantitative estimate of drug-likeness (QED) is 0.389. The second-order valence-electron chi connectivity index (χ2n) is 5.36. The minimum Gasteiger partial charge on any atom is -0.493 e. The van der Waals surface area contributed by atoms with Gasteiger partial charge in [-0.25, -0.2) is 10.2 Å². The zero-order valence-corrected chi connectivity index (χ0v) is 14.6. The lowest BCUT2D eigenvalue weighted by Gasteiger charge is -2.07. The van der Waals surface area contributed by atoms with Gasteiger partial charge in [-0.15, -0.1) is 0 Å². The van der Waals surface area contributed by atoms with E-state index >= 15 is 0 Å². The maximum Gasteiger partial charge on any atom is 0.339 e. The highest BCUT2D eigenvalue weighted by Gasteiger charge is 2.13. The molecule has 2 aromatic rings. The maximum absolute atomic E-state index is 11.7. The van der Waals surface area contributed by atoms with Crippen molar-refractivity contribution in [3.63, 3.8) is 0 Å². The van der Waals surface area contributed by atoms with Gasteiger partial charge >= 0.3 is 17.8 Å². The average molecular weight is 369 g/mol. The number of hydrogen-bond donors (Lipinski definition) is 3. The number of carbonyl (C=O) groups is 3. The summed E-state index contributed by atoms with van der Waals surface area (Å²) in [4.78, 5) is 34.7. The van der Waals surface area contributed by atoms with Crippen LogP contribution in [0.4, 0.5) is 0 Å². The lowest BCUT2D eigenvalue weighted by atomic mass is 10.1. The molecule has 0 aliphatic heterocycles. The summed E-state index contributed by atoms with van der Waals surface area (Å²) < 4.78 is 5.24. The van der Waals surface area contributed by atoms with Crippen LogP contribution in [0.2, 0.25) is 0 Å². The molecule has 0 unspecified atom stereocenters. The Morgan fingerprint density at radius 3 is 2.52 bits per heavy atom. The van der Waals surface area contributed by atoms with E-state index in [4.69, 9.17) is 4.74 Å². The highest BCUT2D eigenvalue weighted by Crippen LogP contribution is 2.19. The summed E-state index contributed by atoms with van der Waals surface area (Å²) in [6.07, 6.45) is 1.24. The molecule has 140 valence electrons. The van der Waals surface area contributed by atoms with Crippen LogP contribution in [0.25, 0.3) is 0 Å². The average Bonchev–Trinajstić information content (AvgIpc) is 2.67. The van der Waals surface area contributed by atoms with E-state index in [1.54, 1.807) is 13.0 Å². The first-order chi connectivity index (χ1) is 13.0. The Bertz CT molecular complexity index is 850. The van der Waals surface area contributed by atoms with Crippen molar-refractivity contribution in [1.82, 2.24) is 10.7 Å². The van der Waals surface area contributed by atoms with Gasteiger partial charge in [0, 0.05) is 6.54 Å². The van der Waals surface area contributed by atoms with Gasteiger partial charge in [0.1, 0.15) is 11.3 Å². The van der Waals surface area contributed by atoms with Crippen LogP contribution >= 0.6 is 0 Å².